The normalized spacial score (nSPS) is 12.2. The molecule has 4 aromatic rings. The fourth-order valence-corrected chi connectivity index (χ4v) is 4.32. The number of aryl methyl sites for hydroxylation is 1. The van der Waals surface area contributed by atoms with E-state index in [0.717, 1.165) is 28.8 Å². The third kappa shape index (κ3) is 7.74. The van der Waals surface area contributed by atoms with E-state index in [1.54, 1.807) is 52.1 Å². The molecule has 0 bridgehead atoms. The van der Waals surface area contributed by atoms with Crippen molar-refractivity contribution in [2.75, 3.05) is 25.5 Å². The van der Waals surface area contributed by atoms with Crippen molar-refractivity contribution in [3.8, 4) is 11.5 Å². The number of nitrogens with zero attached hydrogens (tertiary/aromatic N) is 4. The number of hydrogen-bond acceptors (Lipinski definition) is 9. The number of fused-ring (bicyclic) bond motifs is 3. The molecule has 0 aliphatic carbocycles. The number of hydrogen-bond donors (Lipinski definition) is 4. The summed E-state index contributed by atoms with van der Waals surface area (Å²) in [5.74, 6) is 1.89. The molecule has 41 heavy (non-hydrogen) atoms. The van der Waals surface area contributed by atoms with Crippen LogP contribution in [0.4, 0.5) is 10.6 Å². The molecule has 2 aromatic heterocycles. The van der Waals surface area contributed by atoms with Crippen molar-refractivity contribution in [3.63, 3.8) is 0 Å². The highest BCUT2D eigenvalue weighted by molar-refractivity contribution is 5.86. The minimum atomic E-state index is -0.837. The van der Waals surface area contributed by atoms with E-state index in [2.05, 4.69) is 26.1 Å². The number of ether oxygens (including phenoxy) is 2. The van der Waals surface area contributed by atoms with Crippen molar-refractivity contribution in [2.24, 2.45) is 0 Å². The van der Waals surface area contributed by atoms with Crippen LogP contribution >= 0.6 is 0 Å². The van der Waals surface area contributed by atoms with Gasteiger partial charge in [0.05, 0.1) is 18.1 Å². The van der Waals surface area contributed by atoms with E-state index in [9.17, 15) is 14.7 Å². The molecular weight excluding hydrogens is 526 g/mol. The third-order valence-corrected chi connectivity index (χ3v) is 6.27. The number of rotatable bonds is 11. The van der Waals surface area contributed by atoms with Gasteiger partial charge in [-0.15, -0.1) is 10.2 Å². The first kappa shape index (κ1) is 29.4. The molecule has 0 radical (unpaired) electrons. The van der Waals surface area contributed by atoms with E-state index >= 15 is 0 Å². The molecule has 0 spiro atoms. The largest absolute Gasteiger partial charge is 0.508 e. The lowest BCUT2D eigenvalue weighted by Gasteiger charge is -2.23. The number of methoxy groups -OCH3 is 1. The van der Waals surface area contributed by atoms with Crippen LogP contribution in [0.2, 0.25) is 0 Å². The Balaban J connectivity index is 1.33. The molecule has 4 rings (SSSR count). The lowest BCUT2D eigenvalue weighted by atomic mass is 10.1. The summed E-state index contributed by atoms with van der Waals surface area (Å²) in [4.78, 5) is 30.1. The molecule has 2 aromatic carbocycles. The van der Waals surface area contributed by atoms with Crippen molar-refractivity contribution in [1.82, 2.24) is 30.2 Å². The number of carbonyl (C=O) groups is 2. The second-order valence-corrected chi connectivity index (χ2v) is 10.7. The fourth-order valence-electron chi connectivity index (χ4n) is 4.32. The third-order valence-electron chi connectivity index (χ3n) is 6.27. The standard InChI is InChI=1S/C29H37N7O5/c1-18-34-35-26-25(32-22-17-21(40-5)12-13-24(22)36(18)26)30-14-6-7-15-31-27(38)23(33-28(39)41-29(2,3)4)16-19-8-10-20(37)11-9-19/h8-13,17,23,37H,6-7,14-16H2,1-5H3,(H,30,32)(H,31,38)(H,33,39)/t23-/m0/s1. The maximum Gasteiger partial charge on any atom is 0.408 e. The van der Waals surface area contributed by atoms with Crippen molar-refractivity contribution in [1.29, 1.82) is 0 Å². The van der Waals surface area contributed by atoms with Crippen LogP contribution in [0.25, 0.3) is 16.7 Å². The van der Waals surface area contributed by atoms with Crippen molar-refractivity contribution >= 4 is 34.5 Å². The van der Waals surface area contributed by atoms with E-state index in [-0.39, 0.29) is 18.1 Å². The molecule has 2 amide bonds. The van der Waals surface area contributed by atoms with E-state index < -0.39 is 17.7 Å². The second-order valence-electron chi connectivity index (χ2n) is 10.7. The highest BCUT2D eigenvalue weighted by atomic mass is 16.6. The average Bonchev–Trinajstić information content (AvgIpc) is 3.31. The van der Waals surface area contributed by atoms with E-state index in [1.165, 1.54) is 0 Å². The van der Waals surface area contributed by atoms with Crippen LogP contribution < -0.4 is 20.7 Å². The minimum absolute atomic E-state index is 0.127. The smallest absolute Gasteiger partial charge is 0.408 e. The Morgan fingerprint density at radius 1 is 1.05 bits per heavy atom. The zero-order chi connectivity index (χ0) is 29.6. The van der Waals surface area contributed by atoms with Gasteiger partial charge in [-0.05, 0) is 70.4 Å². The summed E-state index contributed by atoms with van der Waals surface area (Å²) >= 11 is 0. The van der Waals surface area contributed by atoms with Gasteiger partial charge in [0.1, 0.15) is 29.0 Å². The number of benzene rings is 2. The van der Waals surface area contributed by atoms with Crippen LogP contribution in [-0.4, -0.2) is 68.5 Å². The average molecular weight is 564 g/mol. The maximum absolute atomic E-state index is 13.0. The molecule has 0 fully saturated rings. The van der Waals surface area contributed by atoms with Gasteiger partial charge in [0.2, 0.25) is 11.6 Å². The van der Waals surface area contributed by atoms with Crippen LogP contribution in [0.3, 0.4) is 0 Å². The Morgan fingerprint density at radius 3 is 2.49 bits per heavy atom. The Labute approximate surface area is 238 Å². The zero-order valence-electron chi connectivity index (χ0n) is 24.0. The van der Waals surface area contributed by atoms with Crippen molar-refractivity contribution in [2.45, 2.75) is 58.6 Å². The fraction of sp³-hybridized carbons (Fsp3) is 0.414. The number of aromatic nitrogens is 4. The van der Waals surface area contributed by atoms with Gasteiger partial charge >= 0.3 is 6.09 Å². The number of nitrogens with one attached hydrogen (secondary N) is 3. The summed E-state index contributed by atoms with van der Waals surface area (Å²) in [5.41, 5.74) is 2.38. The Kier molecular flexibility index (Phi) is 9.10. The zero-order valence-corrected chi connectivity index (χ0v) is 24.0. The number of carbonyl (C=O) groups excluding carboxylic acids is 2. The molecule has 0 aliphatic heterocycles. The highest BCUT2D eigenvalue weighted by Crippen LogP contribution is 2.25. The number of phenols is 1. The predicted octanol–water partition coefficient (Wildman–Crippen LogP) is 3.74. The molecule has 0 saturated heterocycles. The van der Waals surface area contributed by atoms with Crippen LogP contribution in [0, 0.1) is 6.92 Å². The maximum atomic E-state index is 13.0. The van der Waals surface area contributed by atoms with Crippen molar-refractivity contribution in [3.05, 3.63) is 53.9 Å². The van der Waals surface area contributed by atoms with Gasteiger partial charge in [-0.25, -0.2) is 9.78 Å². The lowest BCUT2D eigenvalue weighted by Crippen LogP contribution is -2.49. The quantitative estimate of drug-likeness (QED) is 0.200. The van der Waals surface area contributed by atoms with Gasteiger partial charge < -0.3 is 30.5 Å². The summed E-state index contributed by atoms with van der Waals surface area (Å²) in [7, 11) is 1.62. The topological polar surface area (TPSA) is 152 Å². The molecule has 12 heteroatoms. The van der Waals surface area contributed by atoms with Gasteiger partial charge in [-0.2, -0.15) is 0 Å². The molecule has 4 N–H and O–H groups in total. The number of amides is 2. The minimum Gasteiger partial charge on any atom is -0.508 e. The summed E-state index contributed by atoms with van der Waals surface area (Å²) in [6.07, 6.45) is 1.02. The number of aromatic hydroxyl groups is 1. The van der Waals surface area contributed by atoms with Crippen LogP contribution in [0.1, 0.15) is 45.0 Å². The number of alkyl carbamates (subject to hydrolysis) is 1. The molecule has 1 atom stereocenters. The number of unbranched alkanes of at least 4 members (excludes halogenated alkanes) is 1. The summed E-state index contributed by atoms with van der Waals surface area (Å²) in [6.45, 7) is 8.19. The predicted molar refractivity (Wildman–Crippen MR) is 155 cm³/mol. The first-order valence-corrected chi connectivity index (χ1v) is 13.5. The van der Waals surface area contributed by atoms with Gasteiger partial charge in [0.25, 0.3) is 0 Å². The van der Waals surface area contributed by atoms with Crippen LogP contribution in [0.5, 0.6) is 11.5 Å². The van der Waals surface area contributed by atoms with Crippen LogP contribution in [0.15, 0.2) is 42.5 Å². The van der Waals surface area contributed by atoms with Crippen molar-refractivity contribution < 1.29 is 24.2 Å². The van der Waals surface area contributed by atoms with E-state index in [4.69, 9.17) is 14.5 Å². The van der Waals surface area contributed by atoms with Gasteiger partial charge in [0, 0.05) is 25.6 Å². The SMILES string of the molecule is COc1ccc2c(c1)nc(NCCCCNC(=O)[C@H](Cc1ccc(O)cc1)NC(=O)OC(C)(C)C)c1nnc(C)n12. The first-order valence-electron chi connectivity index (χ1n) is 13.5. The second kappa shape index (κ2) is 12.7. The highest BCUT2D eigenvalue weighted by Gasteiger charge is 2.24. The molecule has 0 unspecified atom stereocenters. The summed E-state index contributed by atoms with van der Waals surface area (Å²) < 4.78 is 12.7. The monoisotopic (exact) mass is 563 g/mol. The molecule has 218 valence electrons. The van der Waals surface area contributed by atoms with Gasteiger partial charge in [0.15, 0.2) is 5.82 Å². The summed E-state index contributed by atoms with van der Waals surface area (Å²) in [6, 6.07) is 11.4. The molecule has 0 saturated carbocycles. The van der Waals surface area contributed by atoms with E-state index in [1.807, 2.05) is 29.5 Å². The molecule has 12 nitrogen and oxygen atoms in total. The van der Waals surface area contributed by atoms with Crippen LogP contribution in [-0.2, 0) is 16.0 Å². The Hall–Kier alpha value is -4.61. The lowest BCUT2D eigenvalue weighted by molar-refractivity contribution is -0.123. The summed E-state index contributed by atoms with van der Waals surface area (Å²) in [5, 5.41) is 27.0. The number of anilines is 1. The number of phenolic OH excluding ortho intramolecular Hbond substituents is 1. The van der Waals surface area contributed by atoms with E-state index in [0.29, 0.717) is 36.7 Å². The molecule has 0 aliphatic rings. The van der Waals surface area contributed by atoms with Gasteiger partial charge in [-0.3, -0.25) is 9.20 Å². The Bertz CT molecular complexity index is 1510. The van der Waals surface area contributed by atoms with Gasteiger partial charge in [-0.1, -0.05) is 12.1 Å². The molecule has 2 heterocycles. The Morgan fingerprint density at radius 2 is 1.78 bits per heavy atom. The first-order chi connectivity index (χ1) is 19.5. The molecular formula is C29H37N7O5.